The largest absolute Gasteiger partial charge is 0.456 e. The van der Waals surface area contributed by atoms with Gasteiger partial charge in [-0.15, -0.1) is 0 Å². The fourth-order valence-electron chi connectivity index (χ4n) is 1.58. The first-order valence-electron chi connectivity index (χ1n) is 5.75. The first-order chi connectivity index (χ1) is 9.10. The zero-order valence-corrected chi connectivity index (χ0v) is 11.1. The van der Waals surface area contributed by atoms with E-state index in [1.54, 1.807) is 49.4 Å². The van der Waals surface area contributed by atoms with E-state index in [0.29, 0.717) is 22.1 Å². The number of halogens is 1. The van der Waals surface area contributed by atoms with Crippen molar-refractivity contribution in [3.05, 3.63) is 58.6 Å². The summed E-state index contributed by atoms with van der Waals surface area (Å²) in [6, 6.07) is 13.9. The number of aliphatic hydroxyl groups is 1. The van der Waals surface area contributed by atoms with Crippen LogP contribution in [0.3, 0.4) is 0 Å². The van der Waals surface area contributed by atoms with E-state index in [0.717, 1.165) is 5.56 Å². The predicted octanol–water partition coefficient (Wildman–Crippen LogP) is 4.06. The minimum absolute atomic E-state index is 0.433. The Balaban J connectivity index is 2.21. The molecule has 0 aliphatic rings. The Morgan fingerprint density at radius 2 is 1.89 bits per heavy atom. The van der Waals surface area contributed by atoms with Crippen molar-refractivity contribution in [1.82, 2.24) is 0 Å². The normalized spacial score (nSPS) is 11.7. The number of benzene rings is 2. The Labute approximate surface area is 116 Å². The number of hydrogen-bond acceptors (Lipinski definition) is 3. The lowest BCUT2D eigenvalue weighted by atomic mass is 10.1. The van der Waals surface area contributed by atoms with Crippen molar-refractivity contribution < 1.29 is 9.84 Å². The summed E-state index contributed by atoms with van der Waals surface area (Å²) in [5, 5.41) is 18.6. The molecule has 0 amide bonds. The summed E-state index contributed by atoms with van der Waals surface area (Å²) in [7, 11) is 0. The highest BCUT2D eigenvalue weighted by atomic mass is 35.5. The van der Waals surface area contributed by atoms with Crippen molar-refractivity contribution in [2.75, 3.05) is 0 Å². The lowest BCUT2D eigenvalue weighted by Gasteiger charge is -2.10. The third kappa shape index (κ3) is 3.25. The fraction of sp³-hybridized carbons (Fsp3) is 0.133. The van der Waals surface area contributed by atoms with Gasteiger partial charge in [-0.2, -0.15) is 5.26 Å². The number of aliphatic hydroxyl groups excluding tert-OH is 1. The fourth-order valence-corrected chi connectivity index (χ4v) is 1.81. The predicted molar refractivity (Wildman–Crippen MR) is 73.3 cm³/mol. The highest BCUT2D eigenvalue weighted by molar-refractivity contribution is 6.32. The minimum Gasteiger partial charge on any atom is -0.456 e. The molecule has 0 aromatic heterocycles. The minimum atomic E-state index is -0.568. The van der Waals surface area contributed by atoms with Crippen LogP contribution in [0.25, 0.3) is 0 Å². The second kappa shape index (κ2) is 5.75. The molecule has 2 aromatic rings. The summed E-state index contributed by atoms with van der Waals surface area (Å²) in [5.74, 6) is 1.11. The first kappa shape index (κ1) is 13.4. The Hall–Kier alpha value is -2.02. The molecule has 0 radical (unpaired) electrons. The molecule has 0 fully saturated rings. The summed E-state index contributed by atoms with van der Waals surface area (Å²) in [4.78, 5) is 0. The Morgan fingerprint density at radius 3 is 2.42 bits per heavy atom. The van der Waals surface area contributed by atoms with Gasteiger partial charge in [0, 0.05) is 0 Å². The zero-order chi connectivity index (χ0) is 13.8. The van der Waals surface area contributed by atoms with Gasteiger partial charge in [-0.3, -0.25) is 0 Å². The van der Waals surface area contributed by atoms with E-state index < -0.39 is 6.10 Å². The zero-order valence-electron chi connectivity index (χ0n) is 10.3. The molecule has 3 nitrogen and oxygen atoms in total. The quantitative estimate of drug-likeness (QED) is 0.917. The van der Waals surface area contributed by atoms with Crippen molar-refractivity contribution in [2.45, 2.75) is 13.0 Å². The maximum Gasteiger partial charge on any atom is 0.146 e. The van der Waals surface area contributed by atoms with E-state index in [9.17, 15) is 5.11 Å². The molecular formula is C15H12ClNO2. The van der Waals surface area contributed by atoms with E-state index in [1.165, 1.54) is 0 Å². The Morgan fingerprint density at radius 1 is 1.21 bits per heavy atom. The van der Waals surface area contributed by atoms with Gasteiger partial charge in [-0.25, -0.2) is 0 Å². The van der Waals surface area contributed by atoms with Gasteiger partial charge >= 0.3 is 0 Å². The maximum atomic E-state index is 9.46. The molecule has 96 valence electrons. The van der Waals surface area contributed by atoms with Gasteiger partial charge in [-0.1, -0.05) is 17.7 Å². The van der Waals surface area contributed by atoms with Gasteiger partial charge in [0.1, 0.15) is 11.5 Å². The van der Waals surface area contributed by atoms with Gasteiger partial charge in [-0.05, 0) is 48.9 Å². The van der Waals surface area contributed by atoms with Crippen LogP contribution in [0, 0.1) is 11.3 Å². The molecule has 0 spiro atoms. The molecule has 0 aliphatic carbocycles. The second-order valence-corrected chi connectivity index (χ2v) is 4.51. The topological polar surface area (TPSA) is 53.2 Å². The van der Waals surface area contributed by atoms with Crippen LogP contribution in [-0.4, -0.2) is 5.11 Å². The summed E-state index contributed by atoms with van der Waals surface area (Å²) >= 11 is 6.09. The smallest absolute Gasteiger partial charge is 0.146 e. The van der Waals surface area contributed by atoms with Crippen LogP contribution in [0.4, 0.5) is 0 Å². The van der Waals surface area contributed by atoms with Crippen LogP contribution in [0.1, 0.15) is 24.2 Å². The average Bonchev–Trinajstić information content (AvgIpc) is 2.41. The summed E-state index contributed by atoms with van der Waals surface area (Å²) < 4.78 is 5.62. The molecule has 0 heterocycles. The number of nitrogens with zero attached hydrogens (tertiary/aromatic N) is 1. The summed E-state index contributed by atoms with van der Waals surface area (Å²) in [6.07, 6.45) is -0.568. The van der Waals surface area contributed by atoms with Gasteiger partial charge in [0.15, 0.2) is 0 Å². The summed E-state index contributed by atoms with van der Waals surface area (Å²) in [5.41, 5.74) is 1.31. The number of nitriles is 1. The van der Waals surface area contributed by atoms with Crippen molar-refractivity contribution >= 4 is 11.6 Å². The molecule has 0 saturated heterocycles. The molecule has 2 aromatic carbocycles. The van der Waals surface area contributed by atoms with Gasteiger partial charge in [0.2, 0.25) is 0 Å². The van der Waals surface area contributed by atoms with Crippen LogP contribution in [0.15, 0.2) is 42.5 Å². The Kier molecular flexibility index (Phi) is 4.06. The maximum absolute atomic E-state index is 9.46. The number of hydrogen-bond donors (Lipinski definition) is 1. The van der Waals surface area contributed by atoms with Crippen molar-refractivity contribution in [3.8, 4) is 17.6 Å². The van der Waals surface area contributed by atoms with Crippen molar-refractivity contribution in [2.24, 2.45) is 0 Å². The molecule has 4 heteroatoms. The van der Waals surface area contributed by atoms with E-state index >= 15 is 0 Å². The second-order valence-electron chi connectivity index (χ2n) is 4.10. The average molecular weight is 274 g/mol. The highest BCUT2D eigenvalue weighted by Gasteiger charge is 2.07. The van der Waals surface area contributed by atoms with Crippen molar-refractivity contribution in [3.63, 3.8) is 0 Å². The molecule has 1 atom stereocenters. The molecular weight excluding hydrogens is 262 g/mol. The molecule has 2 rings (SSSR count). The Bertz CT molecular complexity index is 615. The molecule has 0 bridgehead atoms. The third-order valence-electron chi connectivity index (χ3n) is 2.65. The monoisotopic (exact) mass is 273 g/mol. The van der Waals surface area contributed by atoms with Crippen LogP contribution in [0.5, 0.6) is 11.5 Å². The van der Waals surface area contributed by atoms with Crippen LogP contribution >= 0.6 is 11.6 Å². The van der Waals surface area contributed by atoms with Crippen LogP contribution in [0.2, 0.25) is 5.02 Å². The summed E-state index contributed by atoms with van der Waals surface area (Å²) in [6.45, 7) is 1.67. The molecule has 1 N–H and O–H groups in total. The van der Waals surface area contributed by atoms with Gasteiger partial charge in [0.05, 0.1) is 22.8 Å². The SMILES string of the molecule is C[C@H](O)c1ccc(Oc2ccc(C#N)cc2)c(Cl)c1. The number of rotatable bonds is 3. The lowest BCUT2D eigenvalue weighted by Crippen LogP contribution is -1.92. The molecule has 0 unspecified atom stereocenters. The lowest BCUT2D eigenvalue weighted by molar-refractivity contribution is 0.199. The van der Waals surface area contributed by atoms with E-state index in [4.69, 9.17) is 21.6 Å². The van der Waals surface area contributed by atoms with Crippen LogP contribution in [-0.2, 0) is 0 Å². The first-order valence-corrected chi connectivity index (χ1v) is 6.13. The van der Waals surface area contributed by atoms with Crippen LogP contribution < -0.4 is 4.74 Å². The van der Waals surface area contributed by atoms with Crippen molar-refractivity contribution in [1.29, 1.82) is 5.26 Å². The molecule has 19 heavy (non-hydrogen) atoms. The molecule has 0 aliphatic heterocycles. The van der Waals surface area contributed by atoms with E-state index in [2.05, 4.69) is 0 Å². The number of ether oxygens (including phenoxy) is 1. The van der Waals surface area contributed by atoms with Gasteiger partial charge in [0.25, 0.3) is 0 Å². The van der Waals surface area contributed by atoms with E-state index in [1.807, 2.05) is 6.07 Å². The standard InChI is InChI=1S/C15H12ClNO2/c1-10(18)12-4-7-15(14(16)8-12)19-13-5-2-11(9-17)3-6-13/h2-8,10,18H,1H3/t10-/m0/s1. The van der Waals surface area contributed by atoms with Gasteiger partial charge < -0.3 is 9.84 Å². The van der Waals surface area contributed by atoms with E-state index in [-0.39, 0.29) is 0 Å². The third-order valence-corrected chi connectivity index (χ3v) is 2.94. The highest BCUT2D eigenvalue weighted by Crippen LogP contribution is 2.31. The molecule has 0 saturated carbocycles.